The van der Waals surface area contributed by atoms with E-state index >= 15 is 0 Å². The molecule has 0 atom stereocenters. The lowest BCUT2D eigenvalue weighted by Crippen LogP contribution is -2.52. The Morgan fingerprint density at radius 2 is 1.58 bits per heavy atom. The number of fused-ring (bicyclic) bond motifs is 2. The maximum absolute atomic E-state index is 13.7. The largest absolute Gasteiger partial charge is 0.489 e. The zero-order chi connectivity index (χ0) is 33.4. The van der Waals surface area contributed by atoms with Crippen molar-refractivity contribution in [1.29, 1.82) is 0 Å². The molecule has 2 saturated heterocycles. The second-order valence-electron chi connectivity index (χ2n) is 14.1. The van der Waals surface area contributed by atoms with E-state index in [0.29, 0.717) is 28.7 Å². The van der Waals surface area contributed by atoms with Gasteiger partial charge in [0, 0.05) is 64.0 Å². The number of piperidine rings is 1. The van der Waals surface area contributed by atoms with Crippen molar-refractivity contribution in [3.63, 3.8) is 0 Å². The molecule has 0 spiro atoms. The number of carbonyl (C=O) groups is 2. The molecule has 0 unspecified atom stereocenters. The first-order valence-corrected chi connectivity index (χ1v) is 17.7. The molecule has 1 aromatic heterocycles. The first-order valence-electron chi connectivity index (χ1n) is 17.7. The van der Waals surface area contributed by atoms with E-state index in [4.69, 9.17) is 9.72 Å². The van der Waals surface area contributed by atoms with Crippen LogP contribution in [0.4, 0.5) is 28.7 Å². The SMILES string of the molecule is CC(C)Oc1cc(C(=O)N2CCC(N3CCN(C)CC3)CC2)ccc1Nc1ccc2c(n1)N(C1CCCC1)c1ccccc1C(=O)N2C. The molecule has 4 aliphatic rings. The molecule has 2 amide bonds. The number of benzene rings is 2. The Balaban J connectivity index is 1.13. The number of likely N-dealkylation sites (tertiary alicyclic amines) is 1. The second-order valence-corrected chi connectivity index (χ2v) is 14.1. The summed E-state index contributed by atoms with van der Waals surface area (Å²) in [5.41, 5.74) is 3.75. The van der Waals surface area contributed by atoms with Crippen LogP contribution in [0.1, 0.15) is 73.1 Å². The number of piperazine rings is 1. The van der Waals surface area contributed by atoms with E-state index in [-0.39, 0.29) is 24.0 Å². The average molecular weight is 652 g/mol. The minimum Gasteiger partial charge on any atom is -0.489 e. The zero-order valence-electron chi connectivity index (χ0n) is 28.8. The Hall–Kier alpha value is -4.15. The molecule has 0 radical (unpaired) electrons. The topological polar surface area (TPSA) is 84.5 Å². The van der Waals surface area contributed by atoms with Gasteiger partial charge in [0.25, 0.3) is 11.8 Å². The van der Waals surface area contributed by atoms with Crippen LogP contribution in [0.25, 0.3) is 0 Å². The predicted molar refractivity (Wildman–Crippen MR) is 191 cm³/mol. The Labute approximate surface area is 284 Å². The van der Waals surface area contributed by atoms with Crippen LogP contribution in [-0.2, 0) is 0 Å². The Morgan fingerprint density at radius 1 is 0.854 bits per heavy atom. The summed E-state index contributed by atoms with van der Waals surface area (Å²) in [6.45, 7) is 9.97. The minimum atomic E-state index is -0.0794. The van der Waals surface area contributed by atoms with E-state index in [2.05, 4.69) is 27.1 Å². The van der Waals surface area contributed by atoms with Crippen LogP contribution < -0.4 is 19.9 Å². The highest BCUT2D eigenvalue weighted by molar-refractivity contribution is 6.13. The molecule has 10 nitrogen and oxygen atoms in total. The van der Waals surface area contributed by atoms with Crippen molar-refractivity contribution < 1.29 is 14.3 Å². The van der Waals surface area contributed by atoms with Crippen LogP contribution in [0.15, 0.2) is 54.6 Å². The lowest BCUT2D eigenvalue weighted by molar-refractivity contribution is 0.0518. The summed E-state index contributed by atoms with van der Waals surface area (Å²) in [5, 5.41) is 3.50. The normalized spacial score (nSPS) is 19.8. The molecule has 254 valence electrons. The molecule has 3 fully saturated rings. The molecule has 7 rings (SSSR count). The summed E-state index contributed by atoms with van der Waals surface area (Å²) in [6.07, 6.45) is 6.38. The Kier molecular flexibility index (Phi) is 9.29. The molecule has 4 heterocycles. The summed E-state index contributed by atoms with van der Waals surface area (Å²) >= 11 is 0. The van der Waals surface area contributed by atoms with Crippen LogP contribution in [-0.4, -0.2) is 103 Å². The van der Waals surface area contributed by atoms with E-state index in [1.54, 1.807) is 4.90 Å². The van der Waals surface area contributed by atoms with Crippen molar-refractivity contribution in [2.45, 2.75) is 70.6 Å². The number of nitrogens with zero attached hydrogens (tertiary/aromatic N) is 6. The van der Waals surface area contributed by atoms with Crippen molar-refractivity contribution in [2.75, 3.05) is 68.5 Å². The van der Waals surface area contributed by atoms with Crippen molar-refractivity contribution in [3.8, 4) is 5.75 Å². The summed E-state index contributed by atoms with van der Waals surface area (Å²) < 4.78 is 6.28. The standard InChI is InChI=1S/C38H49N7O3/c1-26(2)48-34-25-27(37(46)44-19-17-28(18-20-44)43-23-21-41(3)22-24-43)13-14-31(34)39-35-16-15-33-36(40-35)45(29-9-5-6-10-29)32-12-8-7-11-30(32)38(47)42(33)4/h7-8,11-16,25-26,28-29H,5-6,9-10,17-24H2,1-4H3,(H,39,40). The van der Waals surface area contributed by atoms with Crippen molar-refractivity contribution in [1.82, 2.24) is 19.7 Å². The maximum atomic E-state index is 13.7. The third kappa shape index (κ3) is 6.48. The fourth-order valence-electron chi connectivity index (χ4n) is 7.80. The number of para-hydroxylation sites is 1. The van der Waals surface area contributed by atoms with E-state index in [1.807, 2.05) is 80.4 Å². The summed E-state index contributed by atoms with van der Waals surface area (Å²) in [4.78, 5) is 43.5. The smallest absolute Gasteiger partial charge is 0.260 e. The number of hydrogen-bond acceptors (Lipinski definition) is 8. The van der Waals surface area contributed by atoms with E-state index in [9.17, 15) is 9.59 Å². The predicted octanol–water partition coefficient (Wildman–Crippen LogP) is 6.14. The van der Waals surface area contributed by atoms with Gasteiger partial charge in [-0.15, -0.1) is 0 Å². The number of rotatable bonds is 7. The number of nitrogens with one attached hydrogen (secondary N) is 1. The van der Waals surface area contributed by atoms with Gasteiger partial charge in [0.15, 0.2) is 5.82 Å². The molecular weight excluding hydrogens is 602 g/mol. The van der Waals surface area contributed by atoms with Gasteiger partial charge in [-0.2, -0.15) is 0 Å². The molecule has 3 aliphatic heterocycles. The third-order valence-electron chi connectivity index (χ3n) is 10.5. The number of pyridine rings is 1. The molecule has 1 N–H and O–H groups in total. The van der Waals surface area contributed by atoms with Crippen molar-refractivity contribution in [3.05, 3.63) is 65.7 Å². The number of hydrogen-bond donors (Lipinski definition) is 1. The Bertz CT molecular complexity index is 1640. The number of likely N-dealkylation sites (N-methyl/N-ethyl adjacent to an activating group) is 1. The lowest BCUT2D eigenvalue weighted by atomic mass is 10.0. The number of aromatic nitrogens is 1. The van der Waals surface area contributed by atoms with Crippen LogP contribution in [0.2, 0.25) is 0 Å². The molecular formula is C38H49N7O3. The quantitative estimate of drug-likeness (QED) is 0.327. The van der Waals surface area contributed by atoms with Gasteiger partial charge in [-0.05, 0) is 89.0 Å². The fourth-order valence-corrected chi connectivity index (χ4v) is 7.80. The van der Waals surface area contributed by atoms with Crippen LogP contribution in [0, 0.1) is 0 Å². The number of ether oxygens (including phenoxy) is 1. The summed E-state index contributed by atoms with van der Waals surface area (Å²) in [6, 6.07) is 18.3. The van der Waals surface area contributed by atoms with Crippen LogP contribution in [0.3, 0.4) is 0 Å². The molecule has 3 aromatic rings. The molecule has 1 saturated carbocycles. The van der Waals surface area contributed by atoms with Crippen LogP contribution >= 0.6 is 0 Å². The van der Waals surface area contributed by atoms with Gasteiger partial charge in [-0.1, -0.05) is 25.0 Å². The fraction of sp³-hybridized carbons (Fsp3) is 0.500. The molecule has 48 heavy (non-hydrogen) atoms. The zero-order valence-corrected chi connectivity index (χ0v) is 28.8. The van der Waals surface area contributed by atoms with Gasteiger partial charge >= 0.3 is 0 Å². The molecule has 10 heteroatoms. The third-order valence-corrected chi connectivity index (χ3v) is 10.5. The summed E-state index contributed by atoms with van der Waals surface area (Å²) in [5.74, 6) is 2.05. The van der Waals surface area contributed by atoms with Crippen molar-refractivity contribution >= 4 is 40.5 Å². The Morgan fingerprint density at radius 3 is 2.31 bits per heavy atom. The van der Waals surface area contributed by atoms with Gasteiger partial charge in [0.2, 0.25) is 0 Å². The van der Waals surface area contributed by atoms with E-state index < -0.39 is 0 Å². The first kappa shape index (κ1) is 32.4. The van der Waals surface area contributed by atoms with Gasteiger partial charge in [0.05, 0.1) is 28.7 Å². The van der Waals surface area contributed by atoms with Gasteiger partial charge in [-0.3, -0.25) is 14.5 Å². The van der Waals surface area contributed by atoms with E-state index in [1.165, 1.54) is 0 Å². The maximum Gasteiger partial charge on any atom is 0.260 e. The van der Waals surface area contributed by atoms with Gasteiger partial charge in [0.1, 0.15) is 11.6 Å². The van der Waals surface area contributed by atoms with Crippen molar-refractivity contribution in [2.24, 2.45) is 0 Å². The molecule has 2 aromatic carbocycles. The van der Waals surface area contributed by atoms with Gasteiger partial charge < -0.3 is 29.7 Å². The highest BCUT2D eigenvalue weighted by Gasteiger charge is 2.35. The van der Waals surface area contributed by atoms with Crippen LogP contribution in [0.5, 0.6) is 5.75 Å². The molecule has 0 bridgehead atoms. The second kappa shape index (κ2) is 13.8. The van der Waals surface area contributed by atoms with E-state index in [0.717, 1.165) is 101 Å². The minimum absolute atomic E-state index is 0.0358. The highest BCUT2D eigenvalue weighted by Crippen LogP contribution is 2.44. The number of amides is 2. The lowest BCUT2D eigenvalue weighted by Gasteiger charge is -2.42. The monoisotopic (exact) mass is 651 g/mol. The number of carbonyl (C=O) groups excluding carboxylic acids is 2. The average Bonchev–Trinajstić information content (AvgIpc) is 3.61. The molecule has 1 aliphatic carbocycles. The van der Waals surface area contributed by atoms with Gasteiger partial charge in [-0.25, -0.2) is 4.98 Å². The number of anilines is 5. The summed E-state index contributed by atoms with van der Waals surface area (Å²) in [7, 11) is 4.01. The highest BCUT2D eigenvalue weighted by atomic mass is 16.5. The first-order chi connectivity index (χ1) is 23.3.